The van der Waals surface area contributed by atoms with Crippen molar-refractivity contribution in [2.24, 2.45) is 0 Å². The van der Waals surface area contributed by atoms with E-state index in [0.29, 0.717) is 11.7 Å². The van der Waals surface area contributed by atoms with Crippen molar-refractivity contribution in [3.63, 3.8) is 0 Å². The summed E-state index contributed by atoms with van der Waals surface area (Å²) >= 11 is 2.21. The summed E-state index contributed by atoms with van der Waals surface area (Å²) in [4.78, 5) is 0. The van der Waals surface area contributed by atoms with E-state index in [0.717, 1.165) is 0 Å². The molecule has 0 aliphatic rings. The summed E-state index contributed by atoms with van der Waals surface area (Å²) in [6, 6.07) is 0. The molecule has 0 aliphatic carbocycles. The van der Waals surface area contributed by atoms with Crippen molar-refractivity contribution in [2.75, 3.05) is 6.26 Å². The third-order valence-corrected chi connectivity index (χ3v) is 2.22. The molecule has 0 aliphatic heterocycles. The molecule has 1 nitrogen and oxygen atoms in total. The van der Waals surface area contributed by atoms with Crippen molar-refractivity contribution in [1.82, 2.24) is 0 Å². The molecule has 6 heavy (non-hydrogen) atoms. The minimum absolute atomic E-state index is 0.213. The second kappa shape index (κ2) is 3.56. The van der Waals surface area contributed by atoms with Gasteiger partial charge in [-0.25, -0.2) is 0 Å². The molecule has 0 heterocycles. The lowest BCUT2D eigenvalue weighted by Crippen LogP contribution is -1.86. The molecule has 0 rings (SSSR count). The van der Waals surface area contributed by atoms with E-state index in [9.17, 15) is 4.21 Å². The molecule has 1 atom stereocenters. The highest BCUT2D eigenvalue weighted by Crippen LogP contribution is 2.01. The van der Waals surface area contributed by atoms with Crippen LogP contribution in [0.1, 0.15) is 6.92 Å². The Morgan fingerprint density at radius 1 is 1.83 bits per heavy atom. The third kappa shape index (κ3) is 2.60. The number of hydrogen-bond acceptors (Lipinski definition) is 2. The predicted octanol–water partition coefficient (Wildman–Crippen LogP) is 1.12. The molecule has 0 fully saturated rings. The van der Waals surface area contributed by atoms with Gasteiger partial charge in [-0.2, -0.15) is 0 Å². The van der Waals surface area contributed by atoms with Gasteiger partial charge in [0.15, 0.2) is 0 Å². The van der Waals surface area contributed by atoms with Gasteiger partial charge in [0.1, 0.15) is 0 Å². The van der Waals surface area contributed by atoms with Crippen LogP contribution in [0, 0.1) is 0 Å². The Balaban J connectivity index is 2.96. The monoisotopic (exact) mass is 123 g/mol. The average molecular weight is 123 g/mol. The van der Waals surface area contributed by atoms with Crippen molar-refractivity contribution in [3.05, 3.63) is 0 Å². The van der Waals surface area contributed by atoms with Crippen LogP contribution in [0.5, 0.6) is 0 Å². The first kappa shape index (κ1) is 6.37. The standard InChI is InChI=1S/C3H7OS2/c1-3(5-2)6-4/h3H,1-2H3/q+1. The summed E-state index contributed by atoms with van der Waals surface area (Å²) in [7, 11) is 0. The van der Waals surface area contributed by atoms with E-state index in [1.807, 2.05) is 13.2 Å². The van der Waals surface area contributed by atoms with Crippen LogP contribution in [-0.4, -0.2) is 10.8 Å². The smallest absolute Gasteiger partial charge is 0.0945 e. The van der Waals surface area contributed by atoms with Crippen LogP contribution >= 0.6 is 11.8 Å². The first-order chi connectivity index (χ1) is 2.81. The maximum atomic E-state index is 9.76. The largest absolute Gasteiger partial charge is 0.473 e. The van der Waals surface area contributed by atoms with E-state index in [2.05, 4.69) is 0 Å². The van der Waals surface area contributed by atoms with E-state index in [4.69, 9.17) is 0 Å². The Bertz CT molecular complexity index is 46.1. The highest BCUT2D eigenvalue weighted by molar-refractivity contribution is 8.06. The Kier molecular flexibility index (Phi) is 3.78. The SMILES string of the molecule is CSC(C)[S+]=O. The molecule has 0 radical (unpaired) electrons. The van der Waals surface area contributed by atoms with E-state index < -0.39 is 0 Å². The molecule has 0 spiro atoms. The minimum atomic E-state index is 0.213. The second-order valence-electron chi connectivity index (χ2n) is 0.900. The number of hydrogen-bond donors (Lipinski definition) is 0. The van der Waals surface area contributed by atoms with Crippen molar-refractivity contribution < 1.29 is 4.21 Å². The fourth-order valence-electron chi connectivity index (χ4n) is 0.0393. The highest BCUT2D eigenvalue weighted by atomic mass is 32.2. The lowest BCUT2D eigenvalue weighted by Gasteiger charge is -1.74. The normalized spacial score (nSPS) is 13.7. The van der Waals surface area contributed by atoms with Gasteiger partial charge in [0.05, 0.1) is 0 Å². The summed E-state index contributed by atoms with van der Waals surface area (Å²) in [5, 5.41) is 0. The Labute approximate surface area is 46.0 Å². The van der Waals surface area contributed by atoms with Crippen LogP contribution in [0.15, 0.2) is 0 Å². The van der Waals surface area contributed by atoms with Gasteiger partial charge < -0.3 is 0 Å². The Morgan fingerprint density at radius 2 is 2.33 bits per heavy atom. The molecule has 1 unspecified atom stereocenters. The van der Waals surface area contributed by atoms with Crippen LogP contribution in [0.25, 0.3) is 0 Å². The summed E-state index contributed by atoms with van der Waals surface area (Å²) in [6.45, 7) is 1.89. The molecule has 0 aromatic carbocycles. The first-order valence-electron chi connectivity index (χ1n) is 1.62. The summed E-state index contributed by atoms with van der Waals surface area (Å²) < 4.78 is 9.97. The molecule has 0 bridgehead atoms. The fourth-order valence-corrected chi connectivity index (χ4v) is 0.354. The zero-order chi connectivity index (χ0) is 4.99. The Morgan fingerprint density at radius 3 is 2.33 bits per heavy atom. The number of thioether (sulfide) groups is 1. The minimum Gasteiger partial charge on any atom is -0.0945 e. The predicted molar refractivity (Wildman–Crippen MR) is 31.0 cm³/mol. The summed E-state index contributed by atoms with van der Waals surface area (Å²) in [5.41, 5.74) is 0. The molecule has 0 aromatic heterocycles. The quantitative estimate of drug-likeness (QED) is 0.404. The molecule has 0 saturated carbocycles. The van der Waals surface area contributed by atoms with E-state index in [1.54, 1.807) is 11.8 Å². The average Bonchev–Trinajstić information content (AvgIpc) is 1.65. The van der Waals surface area contributed by atoms with Crippen LogP contribution in [-0.2, 0) is 15.9 Å². The molecule has 0 amide bonds. The maximum absolute atomic E-state index is 9.76. The number of rotatable bonds is 2. The molecule has 3 heteroatoms. The van der Waals surface area contributed by atoms with Gasteiger partial charge in [-0.3, -0.25) is 0 Å². The van der Waals surface area contributed by atoms with Crippen LogP contribution in [0.4, 0.5) is 0 Å². The highest BCUT2D eigenvalue weighted by Gasteiger charge is 2.08. The lowest BCUT2D eigenvalue weighted by atomic mass is 11.0. The van der Waals surface area contributed by atoms with Crippen LogP contribution < -0.4 is 0 Å². The van der Waals surface area contributed by atoms with Gasteiger partial charge in [-0.1, -0.05) is 11.8 Å². The summed E-state index contributed by atoms with van der Waals surface area (Å²) in [5.74, 6) is 0. The molecule has 0 saturated heterocycles. The van der Waals surface area contributed by atoms with Crippen molar-refractivity contribution in [2.45, 2.75) is 11.5 Å². The van der Waals surface area contributed by atoms with Gasteiger partial charge in [-0.05, 0) is 6.26 Å². The lowest BCUT2D eigenvalue weighted by molar-refractivity contribution is 0.604. The maximum Gasteiger partial charge on any atom is 0.473 e. The van der Waals surface area contributed by atoms with E-state index >= 15 is 0 Å². The second-order valence-corrected chi connectivity index (χ2v) is 3.28. The zero-order valence-electron chi connectivity index (χ0n) is 3.80. The first-order valence-corrected chi connectivity index (χ1v) is 3.72. The van der Waals surface area contributed by atoms with Crippen LogP contribution in [0.3, 0.4) is 0 Å². The molecular formula is C3H7OS2+. The molecule has 36 valence electrons. The van der Waals surface area contributed by atoms with E-state index in [-0.39, 0.29) is 4.58 Å². The molecule has 0 aromatic rings. The van der Waals surface area contributed by atoms with Crippen LogP contribution in [0.2, 0.25) is 0 Å². The van der Waals surface area contributed by atoms with Gasteiger partial charge in [-0.15, -0.1) is 0 Å². The van der Waals surface area contributed by atoms with Gasteiger partial charge >= 0.3 is 11.7 Å². The molecule has 0 N–H and O–H groups in total. The topological polar surface area (TPSA) is 17.1 Å². The van der Waals surface area contributed by atoms with Gasteiger partial charge in [0, 0.05) is 11.1 Å². The van der Waals surface area contributed by atoms with Crippen molar-refractivity contribution >= 4 is 23.4 Å². The van der Waals surface area contributed by atoms with Crippen molar-refractivity contribution in [1.29, 1.82) is 0 Å². The van der Waals surface area contributed by atoms with E-state index in [1.165, 1.54) is 0 Å². The fraction of sp³-hybridized carbons (Fsp3) is 1.00. The zero-order valence-corrected chi connectivity index (χ0v) is 5.44. The van der Waals surface area contributed by atoms with Gasteiger partial charge in [0.2, 0.25) is 0 Å². The third-order valence-electron chi connectivity index (χ3n) is 0.467. The molecular weight excluding hydrogens is 116 g/mol. The summed E-state index contributed by atoms with van der Waals surface area (Å²) in [6.07, 6.45) is 1.93. The van der Waals surface area contributed by atoms with Gasteiger partial charge in [0.25, 0.3) is 4.58 Å². The Hall–Kier alpha value is 0.370. The van der Waals surface area contributed by atoms with Crippen molar-refractivity contribution in [3.8, 4) is 0 Å².